The third-order valence-electron chi connectivity index (χ3n) is 3.35. The number of nitrogens with zero attached hydrogens (tertiary/aromatic N) is 2. The largest absolute Gasteiger partial charge is 0.368 e. The van der Waals surface area contributed by atoms with Crippen molar-refractivity contribution in [1.82, 2.24) is 4.72 Å². The quantitative estimate of drug-likeness (QED) is 0.567. The molecular formula is C13H22N4O4S. The van der Waals surface area contributed by atoms with Gasteiger partial charge in [0.2, 0.25) is 10.0 Å². The minimum absolute atomic E-state index is 0.142. The molecule has 8 nitrogen and oxygen atoms in total. The van der Waals surface area contributed by atoms with Gasteiger partial charge in [0.1, 0.15) is 5.69 Å². The molecular weight excluding hydrogens is 308 g/mol. The van der Waals surface area contributed by atoms with Crippen LogP contribution in [0.3, 0.4) is 0 Å². The summed E-state index contributed by atoms with van der Waals surface area (Å²) in [5.74, 6) is 0. The Morgan fingerprint density at radius 2 is 2.00 bits per heavy atom. The van der Waals surface area contributed by atoms with Crippen LogP contribution in [0.2, 0.25) is 0 Å². The van der Waals surface area contributed by atoms with E-state index in [2.05, 4.69) is 4.72 Å². The van der Waals surface area contributed by atoms with Gasteiger partial charge in [-0.3, -0.25) is 10.1 Å². The van der Waals surface area contributed by atoms with Gasteiger partial charge < -0.3 is 10.6 Å². The van der Waals surface area contributed by atoms with Crippen molar-refractivity contribution in [2.45, 2.75) is 18.7 Å². The lowest BCUT2D eigenvalue weighted by Crippen LogP contribution is -2.37. The van der Waals surface area contributed by atoms with E-state index in [0.29, 0.717) is 18.8 Å². The highest BCUT2D eigenvalue weighted by molar-refractivity contribution is 7.89. The summed E-state index contributed by atoms with van der Waals surface area (Å²) in [6.45, 7) is 4.84. The van der Waals surface area contributed by atoms with Gasteiger partial charge in [0.25, 0.3) is 5.69 Å². The monoisotopic (exact) mass is 330 g/mol. The lowest BCUT2D eigenvalue weighted by molar-refractivity contribution is -0.384. The van der Waals surface area contributed by atoms with E-state index in [1.165, 1.54) is 19.2 Å². The van der Waals surface area contributed by atoms with Gasteiger partial charge in [-0.1, -0.05) is 13.8 Å². The van der Waals surface area contributed by atoms with E-state index < -0.39 is 14.9 Å². The molecule has 0 amide bonds. The zero-order valence-electron chi connectivity index (χ0n) is 13.2. The van der Waals surface area contributed by atoms with Crippen LogP contribution in [-0.2, 0) is 10.0 Å². The zero-order valence-corrected chi connectivity index (χ0v) is 14.0. The van der Waals surface area contributed by atoms with Gasteiger partial charge in [0.15, 0.2) is 0 Å². The van der Waals surface area contributed by atoms with Crippen LogP contribution in [0.25, 0.3) is 0 Å². The molecule has 0 spiro atoms. The first kappa shape index (κ1) is 18.3. The number of anilines is 1. The van der Waals surface area contributed by atoms with Crippen molar-refractivity contribution in [3.63, 3.8) is 0 Å². The standard InChI is InChI=1S/C13H22N4O4S/c1-13(2,8-14)9-16(4)11-6-5-10(22(20,21)15-3)7-12(11)17(18)19/h5-7,15H,8-9,14H2,1-4H3. The fraction of sp³-hybridized carbons (Fsp3) is 0.538. The molecule has 124 valence electrons. The summed E-state index contributed by atoms with van der Waals surface area (Å²) in [5.41, 5.74) is 5.55. The van der Waals surface area contributed by atoms with E-state index >= 15 is 0 Å². The predicted molar refractivity (Wildman–Crippen MR) is 85.4 cm³/mol. The van der Waals surface area contributed by atoms with Gasteiger partial charge in [-0.15, -0.1) is 0 Å². The highest BCUT2D eigenvalue weighted by atomic mass is 32.2. The third-order valence-corrected chi connectivity index (χ3v) is 4.76. The summed E-state index contributed by atoms with van der Waals surface area (Å²) in [7, 11) is -0.760. The lowest BCUT2D eigenvalue weighted by atomic mass is 9.93. The van der Waals surface area contributed by atoms with E-state index in [1.807, 2.05) is 13.8 Å². The molecule has 0 heterocycles. The molecule has 1 rings (SSSR count). The first-order chi connectivity index (χ1) is 10.0. The fourth-order valence-electron chi connectivity index (χ4n) is 2.05. The van der Waals surface area contributed by atoms with Gasteiger partial charge in [0.05, 0.1) is 9.82 Å². The molecule has 22 heavy (non-hydrogen) atoms. The van der Waals surface area contributed by atoms with Crippen molar-refractivity contribution in [1.29, 1.82) is 0 Å². The maximum absolute atomic E-state index is 11.8. The molecule has 0 atom stereocenters. The summed E-state index contributed by atoms with van der Waals surface area (Å²) in [6.07, 6.45) is 0. The number of hydrogen-bond acceptors (Lipinski definition) is 6. The van der Waals surface area contributed by atoms with Gasteiger partial charge in [-0.2, -0.15) is 0 Å². The molecule has 1 aromatic rings. The van der Waals surface area contributed by atoms with Crippen LogP contribution in [0.1, 0.15) is 13.8 Å². The van der Waals surface area contributed by atoms with E-state index in [0.717, 1.165) is 6.07 Å². The number of benzene rings is 1. The van der Waals surface area contributed by atoms with Gasteiger partial charge >= 0.3 is 0 Å². The number of nitro groups is 1. The van der Waals surface area contributed by atoms with Crippen LogP contribution in [0.4, 0.5) is 11.4 Å². The maximum atomic E-state index is 11.8. The van der Waals surface area contributed by atoms with Crippen molar-refractivity contribution >= 4 is 21.4 Å². The van der Waals surface area contributed by atoms with E-state index in [9.17, 15) is 18.5 Å². The Balaban J connectivity index is 3.30. The number of hydrogen-bond donors (Lipinski definition) is 2. The Morgan fingerprint density at radius 3 is 2.45 bits per heavy atom. The highest BCUT2D eigenvalue weighted by Gasteiger charge is 2.25. The van der Waals surface area contributed by atoms with Crippen LogP contribution in [0.5, 0.6) is 0 Å². The fourth-order valence-corrected chi connectivity index (χ4v) is 2.80. The first-order valence-corrected chi connectivity index (χ1v) is 8.15. The average molecular weight is 330 g/mol. The number of sulfonamides is 1. The molecule has 9 heteroatoms. The van der Waals surface area contributed by atoms with Gasteiger partial charge in [-0.05, 0) is 31.1 Å². The summed E-state index contributed by atoms with van der Waals surface area (Å²) >= 11 is 0. The molecule has 0 aliphatic carbocycles. The molecule has 0 fully saturated rings. The molecule has 0 aliphatic rings. The number of rotatable bonds is 7. The van der Waals surface area contributed by atoms with Crippen molar-refractivity contribution in [2.75, 3.05) is 32.1 Å². The summed E-state index contributed by atoms with van der Waals surface area (Å²) in [6, 6.07) is 3.85. The topological polar surface area (TPSA) is 119 Å². The number of nitrogens with one attached hydrogen (secondary N) is 1. The van der Waals surface area contributed by atoms with Crippen molar-refractivity contribution < 1.29 is 13.3 Å². The molecule has 0 aliphatic heterocycles. The second-order valence-electron chi connectivity index (χ2n) is 5.84. The van der Waals surface area contributed by atoms with Gasteiger partial charge in [-0.25, -0.2) is 13.1 Å². The molecule has 0 saturated carbocycles. The van der Waals surface area contributed by atoms with Crippen LogP contribution >= 0.6 is 0 Å². The molecule has 0 radical (unpaired) electrons. The minimum atomic E-state index is -3.73. The van der Waals surface area contributed by atoms with Crippen LogP contribution in [0, 0.1) is 15.5 Å². The lowest BCUT2D eigenvalue weighted by Gasteiger charge is -2.30. The normalized spacial score (nSPS) is 12.2. The Labute approximate surface area is 130 Å². The van der Waals surface area contributed by atoms with E-state index in [4.69, 9.17) is 5.73 Å². The number of nitrogens with two attached hydrogens (primary N) is 1. The van der Waals surface area contributed by atoms with Crippen LogP contribution in [-0.4, -0.2) is 40.5 Å². The summed E-state index contributed by atoms with van der Waals surface area (Å²) < 4.78 is 25.7. The van der Waals surface area contributed by atoms with Crippen LogP contribution in [0.15, 0.2) is 23.1 Å². The molecule has 1 aromatic carbocycles. The molecule has 0 saturated heterocycles. The number of nitro benzene ring substituents is 1. The smallest absolute Gasteiger partial charge is 0.293 e. The first-order valence-electron chi connectivity index (χ1n) is 6.67. The highest BCUT2D eigenvalue weighted by Crippen LogP contribution is 2.31. The Bertz CT molecular complexity index is 658. The zero-order chi connectivity index (χ0) is 17.1. The van der Waals surface area contributed by atoms with E-state index in [1.54, 1.807) is 11.9 Å². The molecule has 0 unspecified atom stereocenters. The Hall–Kier alpha value is -1.71. The maximum Gasteiger partial charge on any atom is 0.293 e. The Morgan fingerprint density at radius 1 is 1.41 bits per heavy atom. The average Bonchev–Trinajstić information content (AvgIpc) is 2.46. The van der Waals surface area contributed by atoms with Crippen molar-refractivity contribution in [3.05, 3.63) is 28.3 Å². The predicted octanol–water partition coefficient (Wildman–Crippen LogP) is 0.924. The second-order valence-corrected chi connectivity index (χ2v) is 7.73. The Kier molecular flexibility index (Phi) is 5.49. The van der Waals surface area contributed by atoms with E-state index in [-0.39, 0.29) is 16.0 Å². The summed E-state index contributed by atoms with van der Waals surface area (Å²) in [5, 5.41) is 11.3. The minimum Gasteiger partial charge on any atom is -0.368 e. The molecule has 0 aromatic heterocycles. The molecule has 3 N–H and O–H groups in total. The van der Waals surface area contributed by atoms with Crippen LogP contribution < -0.4 is 15.4 Å². The SMILES string of the molecule is CNS(=O)(=O)c1ccc(N(C)CC(C)(C)CN)c([N+](=O)[O-])c1. The van der Waals surface area contributed by atoms with Gasteiger partial charge in [0, 0.05) is 19.7 Å². The third kappa shape index (κ3) is 4.15. The molecule has 0 bridgehead atoms. The summed E-state index contributed by atoms with van der Waals surface area (Å²) in [4.78, 5) is 12.2. The van der Waals surface area contributed by atoms with Crippen molar-refractivity contribution in [2.24, 2.45) is 11.1 Å². The second kappa shape index (κ2) is 6.59. The van der Waals surface area contributed by atoms with Crippen molar-refractivity contribution in [3.8, 4) is 0 Å².